The van der Waals surface area contributed by atoms with E-state index in [1.54, 1.807) is 0 Å². The number of aliphatic carboxylic acids is 2. The van der Waals surface area contributed by atoms with Crippen LogP contribution >= 0.6 is 0 Å². The molecule has 0 aromatic heterocycles. The van der Waals surface area contributed by atoms with Crippen molar-refractivity contribution in [2.24, 2.45) is 0 Å². The highest BCUT2D eigenvalue weighted by molar-refractivity contribution is 5.67. The number of carboxylic acid groups (broad SMARTS) is 2. The Labute approximate surface area is 133 Å². The van der Waals surface area contributed by atoms with Gasteiger partial charge < -0.3 is 10.2 Å². The van der Waals surface area contributed by atoms with Crippen LogP contribution in [-0.2, 0) is 19.2 Å². The summed E-state index contributed by atoms with van der Waals surface area (Å²) in [5, 5.41) is 27.1. The molecule has 0 saturated heterocycles. The first kappa shape index (κ1) is 24.9. The van der Waals surface area contributed by atoms with Gasteiger partial charge >= 0.3 is 11.9 Å². The fourth-order valence-corrected chi connectivity index (χ4v) is 1.09. The van der Waals surface area contributed by atoms with E-state index in [4.69, 9.17) is 30.6 Å². The lowest BCUT2D eigenvalue weighted by Gasteiger charge is -1.92. The Morgan fingerprint density at radius 1 is 0.913 bits per heavy atom. The van der Waals surface area contributed by atoms with Crippen molar-refractivity contribution in [3.63, 3.8) is 0 Å². The fraction of sp³-hybridized carbons (Fsp3) is 0.333. The van der Waals surface area contributed by atoms with Crippen molar-refractivity contribution in [1.82, 2.24) is 0 Å². The molecule has 0 fully saturated rings. The van der Waals surface area contributed by atoms with E-state index in [9.17, 15) is 9.59 Å². The van der Waals surface area contributed by atoms with Crippen LogP contribution in [0.4, 0.5) is 0 Å². The van der Waals surface area contributed by atoms with Crippen LogP contribution in [-0.4, -0.2) is 34.3 Å². The number of rotatable bonds is 5. The molecule has 0 radical (unpaired) electrons. The quantitative estimate of drug-likeness (QED) is 0.370. The highest BCUT2D eigenvalue weighted by atomic mass is 16.4. The van der Waals surface area contributed by atoms with Crippen LogP contribution in [0.3, 0.4) is 0 Å². The molecule has 0 aliphatic heterocycles. The van der Waals surface area contributed by atoms with Crippen molar-refractivity contribution in [2.75, 3.05) is 0 Å². The summed E-state index contributed by atoms with van der Waals surface area (Å²) in [6.45, 7) is 2.08. The first-order valence-electron chi connectivity index (χ1n) is 6.38. The average Bonchev–Trinajstić information content (AvgIpc) is 2.46. The normalized spacial score (nSPS) is 7.35. The van der Waals surface area contributed by atoms with Gasteiger partial charge in [0.05, 0.1) is 0 Å². The molecule has 8 nitrogen and oxygen atoms in total. The monoisotopic (exact) mass is 324 g/mol. The summed E-state index contributed by atoms with van der Waals surface area (Å²) in [6.07, 6.45) is 2.52. The van der Waals surface area contributed by atoms with Crippen molar-refractivity contribution in [3.8, 4) is 0 Å². The zero-order chi connectivity index (χ0) is 18.5. The Hall–Kier alpha value is -3.08. The van der Waals surface area contributed by atoms with E-state index in [0.29, 0.717) is 12.8 Å². The smallest absolute Gasteiger partial charge is 0.303 e. The van der Waals surface area contributed by atoms with Crippen LogP contribution in [0, 0.1) is 17.7 Å². The van der Waals surface area contributed by atoms with Crippen molar-refractivity contribution >= 4 is 24.1 Å². The van der Waals surface area contributed by atoms with Crippen molar-refractivity contribution in [3.05, 3.63) is 35.9 Å². The van der Waals surface area contributed by atoms with E-state index in [2.05, 4.69) is 19.1 Å². The third-order valence-electron chi connectivity index (χ3n) is 1.97. The summed E-state index contributed by atoms with van der Waals surface area (Å²) in [5.41, 5.74) is 1.32. The minimum absolute atomic E-state index is 0.0628. The molecule has 0 saturated carbocycles. The van der Waals surface area contributed by atoms with Crippen LogP contribution < -0.4 is 0 Å². The number of unbranched alkanes of at least 4 members (excludes halogenated alkanes) is 1. The predicted molar refractivity (Wildman–Crippen MR) is 81.7 cm³/mol. The molecule has 0 aliphatic carbocycles. The third-order valence-corrected chi connectivity index (χ3v) is 1.97. The number of isocyanates is 2. The zero-order valence-electron chi connectivity index (χ0n) is 12.7. The van der Waals surface area contributed by atoms with Gasteiger partial charge in [0.1, 0.15) is 0 Å². The molecule has 8 heteroatoms. The van der Waals surface area contributed by atoms with Crippen LogP contribution in [0.5, 0.6) is 0 Å². The number of carbonyl (C=O) groups is 2. The number of carboxylic acids is 2. The Balaban J connectivity index is -0.000000266. The summed E-state index contributed by atoms with van der Waals surface area (Å²) in [5.74, 6) is -1.74. The minimum atomic E-state index is -0.870. The SMILES string of the molecule is Cc1ccccc1.N=C=O.N=C=O.O=C(O)CCCCC(=O)O. The summed E-state index contributed by atoms with van der Waals surface area (Å²) >= 11 is 0. The maximum absolute atomic E-state index is 9.90. The molecule has 0 atom stereocenters. The van der Waals surface area contributed by atoms with Gasteiger partial charge in [0.2, 0.25) is 12.2 Å². The maximum atomic E-state index is 9.90. The number of hydrogen-bond acceptors (Lipinski definition) is 6. The number of aryl methyl sites for hydroxylation is 1. The lowest BCUT2D eigenvalue weighted by molar-refractivity contribution is -0.139. The number of nitrogens with one attached hydrogen (secondary N) is 2. The first-order chi connectivity index (χ1) is 10.8. The van der Waals surface area contributed by atoms with Gasteiger partial charge in [-0.05, 0) is 19.8 Å². The second-order valence-corrected chi connectivity index (χ2v) is 3.85. The maximum Gasteiger partial charge on any atom is 0.303 e. The number of benzene rings is 1. The van der Waals surface area contributed by atoms with Crippen LogP contribution in [0.1, 0.15) is 31.2 Å². The summed E-state index contributed by atoms with van der Waals surface area (Å²) < 4.78 is 0. The molecule has 0 aliphatic rings. The largest absolute Gasteiger partial charge is 0.481 e. The van der Waals surface area contributed by atoms with Gasteiger partial charge in [-0.15, -0.1) is 0 Å². The molecule has 0 amide bonds. The van der Waals surface area contributed by atoms with Crippen LogP contribution in [0.25, 0.3) is 0 Å². The minimum Gasteiger partial charge on any atom is -0.481 e. The Kier molecular flexibility index (Phi) is 23.0. The van der Waals surface area contributed by atoms with Crippen molar-refractivity contribution in [2.45, 2.75) is 32.6 Å². The van der Waals surface area contributed by atoms with Gasteiger partial charge in [-0.3, -0.25) is 9.59 Å². The molecular formula is C15H20N2O6. The van der Waals surface area contributed by atoms with Gasteiger partial charge in [-0.1, -0.05) is 35.9 Å². The second kappa shape index (κ2) is 21.2. The standard InChI is InChI=1S/C7H8.C6H10O4.2CHNO/c1-7-5-3-2-4-6-7;7-5(8)3-1-2-4-6(9)10;2*2-1-3/h2-6H,1H3;1-4H2,(H,7,8)(H,9,10);2*2H. The van der Waals surface area contributed by atoms with Gasteiger partial charge in [0.25, 0.3) is 0 Å². The van der Waals surface area contributed by atoms with Crippen molar-refractivity contribution < 1.29 is 29.4 Å². The molecule has 126 valence electrons. The number of hydrogen-bond donors (Lipinski definition) is 4. The molecule has 1 aromatic rings. The lowest BCUT2D eigenvalue weighted by Crippen LogP contribution is -1.97. The zero-order valence-corrected chi connectivity index (χ0v) is 12.7. The van der Waals surface area contributed by atoms with Crippen LogP contribution in [0.2, 0.25) is 0 Å². The van der Waals surface area contributed by atoms with Gasteiger partial charge in [0.15, 0.2) is 0 Å². The number of carbonyl (C=O) groups excluding carboxylic acids is 2. The highest BCUT2D eigenvalue weighted by Crippen LogP contribution is 1.98. The molecule has 0 bridgehead atoms. The van der Waals surface area contributed by atoms with E-state index < -0.39 is 11.9 Å². The average molecular weight is 324 g/mol. The molecule has 4 N–H and O–H groups in total. The van der Waals surface area contributed by atoms with E-state index in [0.717, 1.165) is 12.2 Å². The van der Waals surface area contributed by atoms with Gasteiger partial charge in [-0.2, -0.15) is 0 Å². The van der Waals surface area contributed by atoms with Gasteiger partial charge in [0, 0.05) is 12.8 Å². The van der Waals surface area contributed by atoms with Gasteiger partial charge in [-0.25, -0.2) is 20.4 Å². The Morgan fingerprint density at radius 2 is 1.22 bits per heavy atom. The van der Waals surface area contributed by atoms with E-state index in [-0.39, 0.29) is 12.8 Å². The summed E-state index contributed by atoms with van der Waals surface area (Å²) in [4.78, 5) is 36.5. The molecule has 0 heterocycles. The molecule has 0 spiro atoms. The van der Waals surface area contributed by atoms with E-state index in [1.165, 1.54) is 5.56 Å². The third kappa shape index (κ3) is 38.1. The molecule has 0 unspecified atom stereocenters. The molecule has 1 aromatic carbocycles. The topological polar surface area (TPSA) is 156 Å². The molecular weight excluding hydrogens is 304 g/mol. The lowest BCUT2D eigenvalue weighted by atomic mass is 10.2. The van der Waals surface area contributed by atoms with E-state index >= 15 is 0 Å². The first-order valence-corrected chi connectivity index (χ1v) is 6.38. The second-order valence-electron chi connectivity index (χ2n) is 3.85. The summed E-state index contributed by atoms with van der Waals surface area (Å²) in [6, 6.07) is 10.3. The Morgan fingerprint density at radius 3 is 1.39 bits per heavy atom. The fourth-order valence-electron chi connectivity index (χ4n) is 1.09. The molecule has 23 heavy (non-hydrogen) atoms. The van der Waals surface area contributed by atoms with Crippen molar-refractivity contribution in [1.29, 1.82) is 10.8 Å². The Bertz CT molecular complexity index is 462. The van der Waals surface area contributed by atoms with E-state index in [1.807, 2.05) is 18.2 Å². The van der Waals surface area contributed by atoms with Crippen LogP contribution in [0.15, 0.2) is 30.3 Å². The summed E-state index contributed by atoms with van der Waals surface area (Å²) in [7, 11) is 0. The highest BCUT2D eigenvalue weighted by Gasteiger charge is 1.99. The predicted octanol–water partition coefficient (Wildman–Crippen LogP) is 2.51. The molecule has 1 rings (SSSR count).